The fourth-order valence-corrected chi connectivity index (χ4v) is 4.82. The Balaban J connectivity index is 2.28. The lowest BCUT2D eigenvalue weighted by atomic mass is 9.90. The Kier molecular flexibility index (Phi) is 5.48. The maximum Gasteiger partial charge on any atom is 0.243 e. The molecule has 2 rings (SSSR count). The lowest BCUT2D eigenvalue weighted by Gasteiger charge is -2.22. The van der Waals surface area contributed by atoms with E-state index in [2.05, 4.69) is 4.72 Å². The number of benzene rings is 1. The summed E-state index contributed by atoms with van der Waals surface area (Å²) in [6.45, 7) is 5.78. The van der Waals surface area contributed by atoms with E-state index < -0.39 is 31.1 Å². The van der Waals surface area contributed by atoms with Gasteiger partial charge in [0.15, 0.2) is 0 Å². The van der Waals surface area contributed by atoms with E-state index in [0.717, 1.165) is 12.1 Å². The summed E-state index contributed by atoms with van der Waals surface area (Å²) in [6.07, 6.45) is 0.636. The fraction of sp³-hybridized carbons (Fsp3) is 0.600. The number of hydrogen-bond donors (Lipinski definition) is 2. The fourth-order valence-electron chi connectivity index (χ4n) is 2.51. The van der Waals surface area contributed by atoms with Gasteiger partial charge in [-0.1, -0.05) is 6.92 Å². The highest BCUT2D eigenvalue weighted by Crippen LogP contribution is 2.33. The van der Waals surface area contributed by atoms with Crippen LogP contribution in [0.1, 0.15) is 27.2 Å². The molecule has 0 aromatic heterocycles. The van der Waals surface area contributed by atoms with Crippen LogP contribution in [0.4, 0.5) is 10.1 Å². The van der Waals surface area contributed by atoms with Crippen LogP contribution in [0.3, 0.4) is 0 Å². The van der Waals surface area contributed by atoms with Crippen molar-refractivity contribution in [2.75, 3.05) is 24.4 Å². The van der Waals surface area contributed by atoms with Crippen LogP contribution < -0.4 is 10.5 Å². The summed E-state index contributed by atoms with van der Waals surface area (Å²) in [5.74, 6) is -0.939. The molecule has 0 spiro atoms. The van der Waals surface area contributed by atoms with Crippen LogP contribution in [0.15, 0.2) is 23.1 Å². The molecule has 1 aliphatic heterocycles. The van der Waals surface area contributed by atoms with Crippen LogP contribution in [0.2, 0.25) is 0 Å². The number of anilines is 1. The Morgan fingerprint density at radius 1 is 1.32 bits per heavy atom. The Hall–Kier alpha value is -1.23. The van der Waals surface area contributed by atoms with Crippen molar-refractivity contribution in [1.82, 2.24) is 4.31 Å². The summed E-state index contributed by atoms with van der Waals surface area (Å²) < 4.78 is 66.7. The number of sulfonamides is 2. The smallest absolute Gasteiger partial charge is 0.243 e. The van der Waals surface area contributed by atoms with Gasteiger partial charge in [0.1, 0.15) is 5.82 Å². The first-order valence-corrected chi connectivity index (χ1v) is 10.9. The van der Waals surface area contributed by atoms with Crippen molar-refractivity contribution in [3.05, 3.63) is 24.0 Å². The topological polar surface area (TPSA) is 110 Å². The van der Waals surface area contributed by atoms with Gasteiger partial charge >= 0.3 is 0 Å². The first-order valence-electron chi connectivity index (χ1n) is 7.93. The quantitative estimate of drug-likeness (QED) is 0.758. The molecule has 1 heterocycles. The largest absolute Gasteiger partial charge is 0.330 e. The highest BCUT2D eigenvalue weighted by Gasteiger charge is 2.39. The van der Waals surface area contributed by atoms with Crippen molar-refractivity contribution in [1.29, 1.82) is 0 Å². The third-order valence-electron chi connectivity index (χ3n) is 4.47. The van der Waals surface area contributed by atoms with Gasteiger partial charge in [-0.2, -0.15) is 4.31 Å². The SMILES string of the molecule is CC(C)S(=O)(=O)Nc1ccc(S(=O)(=O)N2CCC(C)(CN)C2)cc1F. The number of nitrogens with two attached hydrogens (primary N) is 1. The van der Waals surface area contributed by atoms with Crippen LogP contribution >= 0.6 is 0 Å². The number of nitrogens with one attached hydrogen (secondary N) is 1. The molecule has 0 amide bonds. The Bertz CT molecular complexity index is 856. The molecule has 142 valence electrons. The minimum absolute atomic E-state index is 0.209. The van der Waals surface area contributed by atoms with E-state index in [9.17, 15) is 21.2 Å². The van der Waals surface area contributed by atoms with E-state index in [1.807, 2.05) is 6.92 Å². The van der Waals surface area contributed by atoms with Crippen LogP contribution in [-0.2, 0) is 20.0 Å². The molecule has 1 fully saturated rings. The predicted octanol–water partition coefficient (Wildman–Crippen LogP) is 1.34. The van der Waals surface area contributed by atoms with Crippen molar-refractivity contribution in [3.63, 3.8) is 0 Å². The molecule has 0 aliphatic carbocycles. The second-order valence-electron chi connectivity index (χ2n) is 6.94. The molecule has 1 saturated heterocycles. The molecular weight excluding hydrogens is 369 g/mol. The molecule has 1 unspecified atom stereocenters. The van der Waals surface area contributed by atoms with Crippen LogP contribution in [0.25, 0.3) is 0 Å². The average molecular weight is 394 g/mol. The first-order chi connectivity index (χ1) is 11.4. The minimum atomic E-state index is -3.86. The second-order valence-corrected chi connectivity index (χ2v) is 11.1. The number of halogens is 1. The van der Waals surface area contributed by atoms with E-state index in [1.165, 1.54) is 24.2 Å². The molecule has 1 aromatic carbocycles. The zero-order chi connectivity index (χ0) is 19.0. The Morgan fingerprint density at radius 3 is 2.44 bits per heavy atom. The summed E-state index contributed by atoms with van der Waals surface area (Å²) in [6, 6.07) is 3.17. The van der Waals surface area contributed by atoms with Gasteiger partial charge in [0.05, 0.1) is 15.8 Å². The molecule has 25 heavy (non-hydrogen) atoms. The van der Waals surface area contributed by atoms with Crippen molar-refractivity contribution < 1.29 is 21.2 Å². The number of hydrogen-bond acceptors (Lipinski definition) is 5. The van der Waals surface area contributed by atoms with E-state index in [1.54, 1.807) is 0 Å². The molecule has 0 saturated carbocycles. The highest BCUT2D eigenvalue weighted by atomic mass is 32.2. The molecule has 3 N–H and O–H groups in total. The summed E-state index contributed by atoms with van der Waals surface area (Å²) in [5.41, 5.74) is 5.12. The molecule has 0 radical (unpaired) electrons. The van der Waals surface area contributed by atoms with Crippen LogP contribution in [0, 0.1) is 11.2 Å². The minimum Gasteiger partial charge on any atom is -0.330 e. The van der Waals surface area contributed by atoms with Gasteiger partial charge in [0, 0.05) is 13.1 Å². The van der Waals surface area contributed by atoms with Crippen LogP contribution in [0.5, 0.6) is 0 Å². The Morgan fingerprint density at radius 2 is 1.96 bits per heavy atom. The molecular formula is C15H24FN3O4S2. The molecule has 10 heteroatoms. The van der Waals surface area contributed by atoms with Crippen LogP contribution in [-0.4, -0.2) is 46.0 Å². The van der Waals surface area contributed by atoms with Gasteiger partial charge in [0.25, 0.3) is 0 Å². The average Bonchev–Trinajstić information content (AvgIpc) is 2.93. The first kappa shape index (κ1) is 20.1. The molecule has 0 bridgehead atoms. The maximum absolute atomic E-state index is 14.2. The monoisotopic (exact) mass is 393 g/mol. The summed E-state index contributed by atoms with van der Waals surface area (Å²) >= 11 is 0. The summed E-state index contributed by atoms with van der Waals surface area (Å²) in [7, 11) is -7.58. The molecule has 1 aliphatic rings. The van der Waals surface area contributed by atoms with Gasteiger partial charge in [-0.15, -0.1) is 0 Å². The predicted molar refractivity (Wildman–Crippen MR) is 94.6 cm³/mol. The third kappa shape index (κ3) is 4.13. The zero-order valence-corrected chi connectivity index (χ0v) is 16.1. The number of nitrogens with zero attached hydrogens (tertiary/aromatic N) is 1. The lowest BCUT2D eigenvalue weighted by Crippen LogP contribution is -2.34. The molecule has 7 nitrogen and oxygen atoms in total. The second kappa shape index (κ2) is 6.82. The summed E-state index contributed by atoms with van der Waals surface area (Å²) in [4.78, 5) is -0.209. The lowest BCUT2D eigenvalue weighted by molar-refractivity contribution is 0.349. The van der Waals surface area contributed by atoms with Crippen molar-refractivity contribution in [3.8, 4) is 0 Å². The van der Waals surface area contributed by atoms with Gasteiger partial charge < -0.3 is 5.73 Å². The van der Waals surface area contributed by atoms with E-state index in [0.29, 0.717) is 19.5 Å². The highest BCUT2D eigenvalue weighted by molar-refractivity contribution is 7.93. The van der Waals surface area contributed by atoms with Gasteiger partial charge in [0.2, 0.25) is 20.0 Å². The maximum atomic E-state index is 14.2. The van der Waals surface area contributed by atoms with E-state index >= 15 is 0 Å². The summed E-state index contributed by atoms with van der Waals surface area (Å²) in [5, 5.41) is -0.742. The van der Waals surface area contributed by atoms with Crippen molar-refractivity contribution in [2.24, 2.45) is 11.1 Å². The zero-order valence-electron chi connectivity index (χ0n) is 14.5. The van der Waals surface area contributed by atoms with Crippen molar-refractivity contribution in [2.45, 2.75) is 37.3 Å². The molecule has 1 aromatic rings. The van der Waals surface area contributed by atoms with E-state index in [-0.39, 0.29) is 22.5 Å². The van der Waals surface area contributed by atoms with Gasteiger partial charge in [-0.3, -0.25) is 4.72 Å². The third-order valence-corrected chi connectivity index (χ3v) is 8.05. The number of rotatable bonds is 6. The van der Waals surface area contributed by atoms with Gasteiger partial charge in [-0.25, -0.2) is 21.2 Å². The normalized spacial score (nSPS) is 22.5. The standard InChI is InChI=1S/C15H24FN3O4S2/c1-11(2)24(20,21)18-14-5-4-12(8-13(14)16)25(22,23)19-7-6-15(3,9-17)10-19/h4-5,8,11,18H,6-7,9-10,17H2,1-3H3. The van der Waals surface area contributed by atoms with Crippen molar-refractivity contribution >= 4 is 25.7 Å². The molecule has 1 atom stereocenters. The van der Waals surface area contributed by atoms with Gasteiger partial charge in [-0.05, 0) is 50.4 Å². The Labute approximate surface area is 148 Å². The van der Waals surface area contributed by atoms with E-state index in [4.69, 9.17) is 5.73 Å².